The Morgan fingerprint density at radius 3 is 2.25 bits per heavy atom. The van der Waals surface area contributed by atoms with Crippen LogP contribution in [0.1, 0.15) is 12.0 Å². The van der Waals surface area contributed by atoms with E-state index in [9.17, 15) is 9.59 Å². The molecular formula is C20H24N2O6. The molecule has 2 aromatic rings. The average Bonchev–Trinajstić information content (AvgIpc) is 2.70. The summed E-state index contributed by atoms with van der Waals surface area (Å²) in [5, 5.41) is 11.4. The van der Waals surface area contributed by atoms with Gasteiger partial charge in [-0.15, -0.1) is 0 Å². The van der Waals surface area contributed by atoms with Crippen molar-refractivity contribution in [1.82, 2.24) is 10.2 Å². The van der Waals surface area contributed by atoms with E-state index in [1.807, 2.05) is 18.2 Å². The number of carboxylic acids is 1. The Labute approximate surface area is 163 Å². The Hall–Kier alpha value is -3.42. The molecule has 0 aromatic heterocycles. The van der Waals surface area contributed by atoms with Crippen LogP contribution in [0.15, 0.2) is 42.5 Å². The fourth-order valence-electron chi connectivity index (χ4n) is 2.37. The minimum absolute atomic E-state index is 0.1000. The van der Waals surface area contributed by atoms with Gasteiger partial charge in [0.1, 0.15) is 23.0 Å². The fraction of sp³-hybridized carbons (Fsp3) is 0.300. The van der Waals surface area contributed by atoms with Gasteiger partial charge in [0.05, 0.1) is 20.6 Å². The molecule has 0 atom stereocenters. The van der Waals surface area contributed by atoms with Gasteiger partial charge in [-0.25, -0.2) is 4.79 Å². The zero-order chi connectivity index (χ0) is 20.5. The van der Waals surface area contributed by atoms with Gasteiger partial charge in [-0.05, 0) is 17.7 Å². The molecule has 2 rings (SSSR count). The third kappa shape index (κ3) is 6.39. The number of nitrogens with zero attached hydrogens (tertiary/aromatic N) is 1. The molecule has 0 bridgehead atoms. The van der Waals surface area contributed by atoms with Crippen LogP contribution < -0.4 is 19.5 Å². The molecule has 0 aliphatic heterocycles. The van der Waals surface area contributed by atoms with E-state index in [0.29, 0.717) is 23.0 Å². The number of aliphatic carboxylic acids is 1. The Morgan fingerprint density at radius 1 is 1.00 bits per heavy atom. The van der Waals surface area contributed by atoms with Crippen molar-refractivity contribution >= 4 is 12.0 Å². The first-order valence-corrected chi connectivity index (χ1v) is 8.62. The number of carbonyl (C=O) groups is 2. The topological polar surface area (TPSA) is 97.3 Å². The second-order valence-corrected chi connectivity index (χ2v) is 6.02. The number of benzene rings is 2. The summed E-state index contributed by atoms with van der Waals surface area (Å²) in [7, 11) is 4.68. The number of carboxylic acid groups (broad SMARTS) is 1. The van der Waals surface area contributed by atoms with E-state index in [-0.39, 0.29) is 25.5 Å². The van der Waals surface area contributed by atoms with Crippen molar-refractivity contribution in [1.29, 1.82) is 0 Å². The van der Waals surface area contributed by atoms with Gasteiger partial charge in [-0.1, -0.05) is 12.1 Å². The summed E-state index contributed by atoms with van der Waals surface area (Å²) in [5.74, 6) is 1.44. The highest BCUT2D eigenvalue weighted by Gasteiger charge is 2.10. The van der Waals surface area contributed by atoms with E-state index >= 15 is 0 Å². The van der Waals surface area contributed by atoms with Gasteiger partial charge in [-0.3, -0.25) is 4.79 Å². The highest BCUT2D eigenvalue weighted by molar-refractivity contribution is 5.75. The number of methoxy groups -OCH3 is 2. The lowest BCUT2D eigenvalue weighted by molar-refractivity contribution is -0.137. The normalized spacial score (nSPS) is 10.1. The van der Waals surface area contributed by atoms with E-state index < -0.39 is 5.97 Å². The Bertz CT molecular complexity index is 802. The number of hydrogen-bond donors (Lipinski definition) is 2. The summed E-state index contributed by atoms with van der Waals surface area (Å²) in [5.41, 5.74) is 0.840. The molecule has 8 nitrogen and oxygen atoms in total. The molecule has 0 fully saturated rings. The van der Waals surface area contributed by atoms with Gasteiger partial charge in [0.15, 0.2) is 0 Å². The lowest BCUT2D eigenvalue weighted by Crippen LogP contribution is -2.37. The second-order valence-electron chi connectivity index (χ2n) is 6.02. The standard InChI is InChI=1S/C20H24N2O6/c1-22(8-7-19(23)24)20(25)21-13-14-5-4-6-15(9-14)28-18-11-16(26-2)10-17(12-18)27-3/h4-6,9-12H,7-8,13H2,1-3H3,(H,21,25)(H,23,24). The molecule has 0 unspecified atom stereocenters. The first kappa shape index (κ1) is 20.9. The van der Waals surface area contributed by atoms with Crippen LogP contribution in [0.4, 0.5) is 4.79 Å². The summed E-state index contributed by atoms with van der Waals surface area (Å²) in [4.78, 5) is 23.9. The van der Waals surface area contributed by atoms with Gasteiger partial charge in [-0.2, -0.15) is 0 Å². The predicted octanol–water partition coefficient (Wildman–Crippen LogP) is 3.11. The molecule has 0 saturated carbocycles. The maximum absolute atomic E-state index is 12.0. The number of ether oxygens (including phenoxy) is 3. The van der Waals surface area contributed by atoms with E-state index in [1.54, 1.807) is 45.5 Å². The number of nitrogens with one attached hydrogen (secondary N) is 1. The lowest BCUT2D eigenvalue weighted by Gasteiger charge is -2.17. The average molecular weight is 388 g/mol. The van der Waals surface area contributed by atoms with Crippen LogP contribution in [-0.4, -0.2) is 49.8 Å². The predicted molar refractivity (Wildman–Crippen MR) is 103 cm³/mol. The van der Waals surface area contributed by atoms with Crippen molar-refractivity contribution in [3.63, 3.8) is 0 Å². The molecule has 2 aromatic carbocycles. The molecule has 0 radical (unpaired) electrons. The Kier molecular flexibility index (Phi) is 7.50. The van der Waals surface area contributed by atoms with E-state index in [0.717, 1.165) is 5.56 Å². The summed E-state index contributed by atoms with van der Waals surface area (Å²) in [6, 6.07) is 12.2. The number of carbonyl (C=O) groups excluding carboxylic acids is 1. The third-order valence-electron chi connectivity index (χ3n) is 3.91. The Morgan fingerprint density at radius 2 is 1.64 bits per heavy atom. The van der Waals surface area contributed by atoms with E-state index in [2.05, 4.69) is 5.32 Å². The van der Waals surface area contributed by atoms with Gasteiger partial charge in [0, 0.05) is 38.3 Å². The van der Waals surface area contributed by atoms with Crippen molar-refractivity contribution in [3.8, 4) is 23.0 Å². The minimum atomic E-state index is -0.946. The molecule has 0 saturated heterocycles. The second kappa shape index (κ2) is 10.1. The van der Waals surface area contributed by atoms with Gasteiger partial charge < -0.3 is 29.5 Å². The number of hydrogen-bond acceptors (Lipinski definition) is 5. The maximum Gasteiger partial charge on any atom is 0.317 e. The number of rotatable bonds is 9. The van der Waals surface area contributed by atoms with Gasteiger partial charge >= 0.3 is 12.0 Å². The molecule has 8 heteroatoms. The van der Waals surface area contributed by atoms with Crippen LogP contribution in [0.5, 0.6) is 23.0 Å². The summed E-state index contributed by atoms with van der Waals surface area (Å²) in [6.07, 6.45) is -0.1000. The van der Waals surface area contributed by atoms with Crippen molar-refractivity contribution in [2.75, 3.05) is 27.8 Å². The van der Waals surface area contributed by atoms with E-state index in [1.165, 1.54) is 4.90 Å². The molecule has 2 N–H and O–H groups in total. The lowest BCUT2D eigenvalue weighted by atomic mass is 10.2. The zero-order valence-electron chi connectivity index (χ0n) is 16.1. The summed E-state index contributed by atoms with van der Waals surface area (Å²) >= 11 is 0. The molecule has 28 heavy (non-hydrogen) atoms. The van der Waals surface area contributed by atoms with Gasteiger partial charge in [0.2, 0.25) is 0 Å². The van der Waals surface area contributed by atoms with Crippen LogP contribution in [0.25, 0.3) is 0 Å². The van der Waals surface area contributed by atoms with Crippen LogP contribution in [0.3, 0.4) is 0 Å². The maximum atomic E-state index is 12.0. The fourth-order valence-corrected chi connectivity index (χ4v) is 2.37. The minimum Gasteiger partial charge on any atom is -0.496 e. The number of urea groups is 1. The largest absolute Gasteiger partial charge is 0.496 e. The molecule has 0 aliphatic rings. The third-order valence-corrected chi connectivity index (χ3v) is 3.91. The molecule has 0 aliphatic carbocycles. The summed E-state index contributed by atoms with van der Waals surface area (Å²) in [6.45, 7) is 0.427. The van der Waals surface area contributed by atoms with E-state index in [4.69, 9.17) is 19.3 Å². The first-order chi connectivity index (χ1) is 13.4. The highest BCUT2D eigenvalue weighted by atomic mass is 16.5. The van der Waals surface area contributed by atoms with Crippen molar-refractivity contribution in [2.45, 2.75) is 13.0 Å². The molecule has 150 valence electrons. The summed E-state index contributed by atoms with van der Waals surface area (Å²) < 4.78 is 16.3. The first-order valence-electron chi connectivity index (χ1n) is 8.62. The van der Waals surface area contributed by atoms with Crippen LogP contribution in [-0.2, 0) is 11.3 Å². The molecule has 0 heterocycles. The van der Waals surface area contributed by atoms with Crippen LogP contribution >= 0.6 is 0 Å². The zero-order valence-corrected chi connectivity index (χ0v) is 16.1. The molecule has 2 amide bonds. The monoisotopic (exact) mass is 388 g/mol. The number of amides is 2. The smallest absolute Gasteiger partial charge is 0.317 e. The SMILES string of the molecule is COc1cc(OC)cc(Oc2cccc(CNC(=O)N(C)CCC(=O)O)c2)c1. The quantitative estimate of drug-likeness (QED) is 0.685. The Balaban J connectivity index is 1.98. The van der Waals surface area contributed by atoms with Crippen molar-refractivity contribution in [2.24, 2.45) is 0 Å². The van der Waals surface area contributed by atoms with Crippen molar-refractivity contribution < 1.29 is 28.9 Å². The van der Waals surface area contributed by atoms with Gasteiger partial charge in [0.25, 0.3) is 0 Å². The molecular weight excluding hydrogens is 364 g/mol. The van der Waals surface area contributed by atoms with Crippen LogP contribution in [0.2, 0.25) is 0 Å². The highest BCUT2D eigenvalue weighted by Crippen LogP contribution is 2.31. The molecule has 0 spiro atoms. The van der Waals surface area contributed by atoms with Crippen LogP contribution in [0, 0.1) is 0 Å². The van der Waals surface area contributed by atoms with Crippen molar-refractivity contribution in [3.05, 3.63) is 48.0 Å².